The highest BCUT2D eigenvalue weighted by Crippen LogP contribution is 2.34. The fraction of sp³-hybridized carbons (Fsp3) is 0.348. The molecule has 2 N–H and O–H groups in total. The Morgan fingerprint density at radius 3 is 2.44 bits per heavy atom. The van der Waals surface area contributed by atoms with Crippen molar-refractivity contribution in [3.05, 3.63) is 65.4 Å². The Morgan fingerprint density at radius 2 is 1.84 bits per heavy atom. The van der Waals surface area contributed by atoms with E-state index in [1.54, 1.807) is 24.5 Å². The van der Waals surface area contributed by atoms with Crippen molar-refractivity contribution in [2.45, 2.75) is 50.3 Å². The summed E-state index contributed by atoms with van der Waals surface area (Å²) in [5.41, 5.74) is 2.51. The Labute approximate surface area is 192 Å². The smallest absolute Gasteiger partial charge is 0.252 e. The molecule has 9 heteroatoms. The van der Waals surface area contributed by atoms with Gasteiger partial charge in [0.05, 0.1) is 16.5 Å². The van der Waals surface area contributed by atoms with Crippen LogP contribution in [0, 0.1) is 0 Å². The van der Waals surface area contributed by atoms with Crippen LogP contribution >= 0.6 is 11.3 Å². The zero-order valence-corrected chi connectivity index (χ0v) is 19.7. The molecule has 0 spiro atoms. The van der Waals surface area contributed by atoms with Crippen LogP contribution in [0.1, 0.15) is 55.6 Å². The minimum atomic E-state index is -3.37. The standard InChI is InChI=1S/C23H26N4O3S2/c1-3-23(4-2,20-15-31-22(25-20)27-32(29,30)19-11-12-19)26-21(28)17-9-7-16(8-10-17)18-6-5-13-24-14-18/h5-10,13-15,19H,3-4,11-12H2,1-2H3,(H,25,27)(H,26,28). The topological polar surface area (TPSA) is 101 Å². The zero-order valence-electron chi connectivity index (χ0n) is 18.0. The van der Waals surface area contributed by atoms with Gasteiger partial charge in [0, 0.05) is 23.3 Å². The molecular formula is C23H26N4O3S2. The van der Waals surface area contributed by atoms with E-state index in [4.69, 9.17) is 0 Å². The molecule has 1 aliphatic rings. The molecule has 0 bridgehead atoms. The molecule has 0 unspecified atom stereocenters. The predicted molar refractivity (Wildman–Crippen MR) is 127 cm³/mol. The number of benzene rings is 1. The van der Waals surface area contributed by atoms with Crippen LogP contribution < -0.4 is 10.0 Å². The first-order chi connectivity index (χ1) is 15.4. The Morgan fingerprint density at radius 1 is 1.12 bits per heavy atom. The van der Waals surface area contributed by atoms with E-state index in [1.807, 2.05) is 43.5 Å². The number of rotatable bonds is 9. The highest BCUT2D eigenvalue weighted by atomic mass is 32.2. The van der Waals surface area contributed by atoms with Gasteiger partial charge in [0.25, 0.3) is 5.91 Å². The summed E-state index contributed by atoms with van der Waals surface area (Å²) in [6, 6.07) is 11.2. The molecule has 1 aliphatic carbocycles. The first-order valence-electron chi connectivity index (χ1n) is 10.7. The van der Waals surface area contributed by atoms with Gasteiger partial charge in [-0.2, -0.15) is 0 Å². The zero-order chi connectivity index (χ0) is 22.8. The van der Waals surface area contributed by atoms with Gasteiger partial charge < -0.3 is 5.32 Å². The molecule has 1 aromatic carbocycles. The van der Waals surface area contributed by atoms with Crippen molar-refractivity contribution in [3.63, 3.8) is 0 Å². The maximum Gasteiger partial charge on any atom is 0.252 e. The fourth-order valence-corrected chi connectivity index (χ4v) is 6.02. The molecule has 1 fully saturated rings. The largest absolute Gasteiger partial charge is 0.341 e. The van der Waals surface area contributed by atoms with Crippen LogP contribution in [0.3, 0.4) is 0 Å². The van der Waals surface area contributed by atoms with Crippen molar-refractivity contribution < 1.29 is 13.2 Å². The number of pyridine rings is 1. The van der Waals surface area contributed by atoms with E-state index in [0.717, 1.165) is 11.1 Å². The third-order valence-electron chi connectivity index (χ3n) is 5.89. The second-order valence-corrected chi connectivity index (χ2v) is 10.8. The minimum Gasteiger partial charge on any atom is -0.341 e. The first kappa shape index (κ1) is 22.4. The Bertz CT molecular complexity index is 1180. The molecule has 0 atom stereocenters. The molecule has 2 heterocycles. The van der Waals surface area contributed by atoms with Gasteiger partial charge in [0.1, 0.15) is 0 Å². The molecule has 32 heavy (non-hydrogen) atoms. The van der Waals surface area contributed by atoms with Gasteiger partial charge in [-0.15, -0.1) is 11.3 Å². The molecule has 7 nitrogen and oxygen atoms in total. The number of amides is 1. The number of thiazole rings is 1. The summed E-state index contributed by atoms with van der Waals surface area (Å²) in [7, 11) is -3.37. The van der Waals surface area contributed by atoms with Crippen LogP contribution in [-0.2, 0) is 15.6 Å². The van der Waals surface area contributed by atoms with Crippen LogP contribution in [0.4, 0.5) is 5.13 Å². The highest BCUT2D eigenvalue weighted by Gasteiger charge is 2.37. The van der Waals surface area contributed by atoms with Gasteiger partial charge in [-0.3, -0.25) is 14.5 Å². The lowest BCUT2D eigenvalue weighted by atomic mass is 9.89. The van der Waals surface area contributed by atoms with Gasteiger partial charge in [0.15, 0.2) is 5.13 Å². The van der Waals surface area contributed by atoms with E-state index >= 15 is 0 Å². The number of hydrogen-bond donors (Lipinski definition) is 2. The number of sulfonamides is 1. The number of carbonyl (C=O) groups excluding carboxylic acids is 1. The van der Waals surface area contributed by atoms with Crippen LogP contribution in [0.2, 0.25) is 0 Å². The lowest BCUT2D eigenvalue weighted by Crippen LogP contribution is -2.45. The fourth-order valence-electron chi connectivity index (χ4n) is 3.61. The number of nitrogens with one attached hydrogen (secondary N) is 2. The van der Waals surface area contributed by atoms with Gasteiger partial charge >= 0.3 is 0 Å². The molecule has 4 rings (SSSR count). The van der Waals surface area contributed by atoms with Gasteiger partial charge in [-0.1, -0.05) is 32.0 Å². The van der Waals surface area contributed by atoms with Gasteiger partial charge in [-0.25, -0.2) is 13.4 Å². The van der Waals surface area contributed by atoms with E-state index in [0.29, 0.717) is 42.1 Å². The van der Waals surface area contributed by atoms with E-state index in [-0.39, 0.29) is 11.2 Å². The summed E-state index contributed by atoms with van der Waals surface area (Å²) < 4.78 is 27.1. The molecule has 0 aliphatic heterocycles. The summed E-state index contributed by atoms with van der Waals surface area (Å²) in [6.07, 6.45) is 6.14. The Balaban J connectivity index is 1.52. The first-order valence-corrected chi connectivity index (χ1v) is 13.1. The van der Waals surface area contributed by atoms with Crippen molar-refractivity contribution in [2.75, 3.05) is 4.72 Å². The number of aromatic nitrogens is 2. The van der Waals surface area contributed by atoms with Crippen molar-refractivity contribution in [2.24, 2.45) is 0 Å². The van der Waals surface area contributed by atoms with Crippen LogP contribution in [-0.4, -0.2) is 29.5 Å². The molecular weight excluding hydrogens is 444 g/mol. The van der Waals surface area contributed by atoms with Crippen molar-refractivity contribution in [1.29, 1.82) is 0 Å². The van der Waals surface area contributed by atoms with Crippen LogP contribution in [0.5, 0.6) is 0 Å². The third-order valence-corrected chi connectivity index (χ3v) is 8.60. The molecule has 168 valence electrons. The van der Waals surface area contributed by atoms with Gasteiger partial charge in [-0.05, 0) is 55.0 Å². The summed E-state index contributed by atoms with van der Waals surface area (Å²) in [5, 5.41) is 5.00. The third kappa shape index (κ3) is 4.68. The van der Waals surface area contributed by atoms with E-state index in [9.17, 15) is 13.2 Å². The molecule has 0 radical (unpaired) electrons. The number of anilines is 1. The lowest BCUT2D eigenvalue weighted by Gasteiger charge is -2.31. The van der Waals surface area contributed by atoms with Gasteiger partial charge in [0.2, 0.25) is 10.0 Å². The molecule has 1 amide bonds. The molecule has 1 saturated carbocycles. The number of nitrogens with zero attached hydrogens (tertiary/aromatic N) is 2. The average Bonchev–Trinajstić information content (AvgIpc) is 3.59. The maximum atomic E-state index is 13.1. The maximum absolute atomic E-state index is 13.1. The average molecular weight is 471 g/mol. The van der Waals surface area contributed by atoms with Crippen molar-refractivity contribution >= 4 is 32.4 Å². The summed E-state index contributed by atoms with van der Waals surface area (Å²) >= 11 is 1.24. The summed E-state index contributed by atoms with van der Waals surface area (Å²) in [4.78, 5) is 21.7. The summed E-state index contributed by atoms with van der Waals surface area (Å²) in [6.45, 7) is 3.98. The summed E-state index contributed by atoms with van der Waals surface area (Å²) in [5.74, 6) is -0.195. The van der Waals surface area contributed by atoms with E-state index in [2.05, 4.69) is 20.0 Å². The second-order valence-electron chi connectivity index (χ2n) is 7.95. The van der Waals surface area contributed by atoms with Crippen LogP contribution in [0.25, 0.3) is 11.1 Å². The SMILES string of the molecule is CCC(CC)(NC(=O)c1ccc(-c2cccnc2)cc1)c1csc(NS(=O)(=O)C2CC2)n1. The second kappa shape index (κ2) is 8.99. The monoisotopic (exact) mass is 470 g/mol. The molecule has 3 aromatic rings. The number of hydrogen-bond acceptors (Lipinski definition) is 6. The number of carbonyl (C=O) groups is 1. The lowest BCUT2D eigenvalue weighted by molar-refractivity contribution is 0.0887. The minimum absolute atomic E-state index is 0.195. The van der Waals surface area contributed by atoms with Crippen LogP contribution in [0.15, 0.2) is 54.2 Å². The Kier molecular flexibility index (Phi) is 6.30. The Hall–Kier alpha value is -2.78. The molecule has 0 saturated heterocycles. The predicted octanol–water partition coefficient (Wildman–Crippen LogP) is 4.55. The van der Waals surface area contributed by atoms with Crippen molar-refractivity contribution in [1.82, 2.24) is 15.3 Å². The molecule has 2 aromatic heterocycles. The normalized spacial score (nSPS) is 14.2. The van der Waals surface area contributed by atoms with Crippen molar-refractivity contribution in [3.8, 4) is 11.1 Å². The quantitative estimate of drug-likeness (QED) is 0.478. The van der Waals surface area contributed by atoms with E-state index in [1.165, 1.54) is 11.3 Å². The van der Waals surface area contributed by atoms with E-state index < -0.39 is 15.6 Å². The highest BCUT2D eigenvalue weighted by molar-refractivity contribution is 7.93.